The molecule has 0 fully saturated rings. The van der Waals surface area contributed by atoms with E-state index < -0.39 is 17.9 Å². The maximum atomic E-state index is 12.6. The second-order valence-electron chi connectivity index (χ2n) is 7.47. The Hall–Kier alpha value is -3.58. The number of hydrogen-bond donors (Lipinski definition) is 3. The Kier molecular flexibility index (Phi) is 8.66. The van der Waals surface area contributed by atoms with Crippen molar-refractivity contribution in [2.75, 3.05) is 18.5 Å². The van der Waals surface area contributed by atoms with Crippen molar-refractivity contribution in [2.24, 2.45) is 0 Å². The Bertz CT molecular complexity index is 1070. The molecule has 0 radical (unpaired) electrons. The lowest BCUT2D eigenvalue weighted by molar-refractivity contribution is -0.139. The summed E-state index contributed by atoms with van der Waals surface area (Å²) < 4.78 is 5.74. The third-order valence-electron chi connectivity index (χ3n) is 5.04. The highest BCUT2D eigenvalue weighted by atomic mass is 35.5. The Labute approximate surface area is 197 Å². The molecule has 0 aliphatic carbocycles. The van der Waals surface area contributed by atoms with Crippen LogP contribution in [0.3, 0.4) is 0 Å². The Morgan fingerprint density at radius 3 is 2.58 bits per heavy atom. The van der Waals surface area contributed by atoms with Crippen LogP contribution in [0.1, 0.15) is 27.9 Å². The highest BCUT2D eigenvalue weighted by Crippen LogP contribution is 2.19. The van der Waals surface area contributed by atoms with Crippen LogP contribution in [0.25, 0.3) is 0 Å². The highest BCUT2D eigenvalue weighted by Gasteiger charge is 2.22. The SMILES string of the molecule is Cc1c(Cl)cccc1C(=O)N[C@@H](Cc1ccc(OCCCNc2ccccn2)cc1)C(=O)O. The lowest BCUT2D eigenvalue weighted by Crippen LogP contribution is -2.42. The van der Waals surface area contributed by atoms with E-state index in [4.69, 9.17) is 16.3 Å². The highest BCUT2D eigenvalue weighted by molar-refractivity contribution is 6.31. The number of nitrogens with zero attached hydrogens (tertiary/aromatic N) is 1. The molecule has 1 aromatic heterocycles. The van der Waals surface area contributed by atoms with Gasteiger partial charge >= 0.3 is 5.97 Å². The molecule has 1 heterocycles. The molecule has 1 amide bonds. The number of carboxylic acid groups (broad SMARTS) is 1. The number of carboxylic acids is 1. The molecule has 3 aromatic rings. The number of carbonyl (C=O) groups is 2. The van der Waals surface area contributed by atoms with E-state index in [1.165, 1.54) is 0 Å². The normalized spacial score (nSPS) is 11.5. The summed E-state index contributed by atoms with van der Waals surface area (Å²) in [6.07, 6.45) is 2.68. The summed E-state index contributed by atoms with van der Waals surface area (Å²) in [4.78, 5) is 28.5. The average Bonchev–Trinajstić information content (AvgIpc) is 2.81. The first-order valence-corrected chi connectivity index (χ1v) is 11.0. The molecule has 0 aliphatic rings. The van der Waals surface area contributed by atoms with Gasteiger partial charge in [0, 0.05) is 29.7 Å². The smallest absolute Gasteiger partial charge is 0.326 e. The fraction of sp³-hybridized carbons (Fsp3) is 0.240. The zero-order valence-electron chi connectivity index (χ0n) is 18.3. The molecular formula is C25H26ClN3O4. The fourth-order valence-electron chi connectivity index (χ4n) is 3.19. The van der Waals surface area contributed by atoms with Crippen LogP contribution in [0.4, 0.5) is 5.82 Å². The van der Waals surface area contributed by atoms with E-state index in [9.17, 15) is 14.7 Å². The van der Waals surface area contributed by atoms with Gasteiger partial charge in [-0.3, -0.25) is 4.79 Å². The number of pyridine rings is 1. The summed E-state index contributed by atoms with van der Waals surface area (Å²) in [7, 11) is 0. The first kappa shape index (κ1) is 24.1. The number of anilines is 1. The van der Waals surface area contributed by atoms with E-state index >= 15 is 0 Å². The largest absolute Gasteiger partial charge is 0.494 e. The number of halogens is 1. The number of ether oxygens (including phenoxy) is 1. The molecule has 0 unspecified atom stereocenters. The second-order valence-corrected chi connectivity index (χ2v) is 7.88. The summed E-state index contributed by atoms with van der Waals surface area (Å²) in [5.74, 6) is -0.0556. The van der Waals surface area contributed by atoms with E-state index in [-0.39, 0.29) is 6.42 Å². The van der Waals surface area contributed by atoms with Gasteiger partial charge in [0.2, 0.25) is 0 Å². The minimum Gasteiger partial charge on any atom is -0.494 e. The molecule has 8 heteroatoms. The van der Waals surface area contributed by atoms with E-state index in [2.05, 4.69) is 15.6 Å². The minimum absolute atomic E-state index is 0.148. The van der Waals surface area contributed by atoms with Gasteiger partial charge in [-0.15, -0.1) is 0 Å². The van der Waals surface area contributed by atoms with Crippen molar-refractivity contribution < 1.29 is 19.4 Å². The van der Waals surface area contributed by atoms with Crippen molar-refractivity contribution in [3.8, 4) is 5.75 Å². The van der Waals surface area contributed by atoms with Gasteiger partial charge in [-0.1, -0.05) is 35.9 Å². The summed E-state index contributed by atoms with van der Waals surface area (Å²) in [5, 5.41) is 15.8. The standard InChI is InChI=1S/C25H26ClN3O4/c1-17-20(6-4-7-21(17)26)24(30)29-22(25(31)32)16-18-9-11-19(12-10-18)33-15-5-14-28-23-8-2-3-13-27-23/h2-4,6-13,22H,5,14-16H2,1H3,(H,27,28)(H,29,30)(H,31,32)/t22-/m0/s1. The molecule has 0 saturated carbocycles. The zero-order chi connectivity index (χ0) is 23.6. The van der Waals surface area contributed by atoms with Gasteiger partial charge in [0.1, 0.15) is 17.6 Å². The molecule has 33 heavy (non-hydrogen) atoms. The number of carbonyl (C=O) groups excluding carboxylic acids is 1. The van der Waals surface area contributed by atoms with E-state index in [1.54, 1.807) is 55.6 Å². The van der Waals surface area contributed by atoms with Crippen LogP contribution >= 0.6 is 11.6 Å². The van der Waals surface area contributed by atoms with Crippen molar-refractivity contribution in [1.29, 1.82) is 0 Å². The third-order valence-corrected chi connectivity index (χ3v) is 5.45. The van der Waals surface area contributed by atoms with Crippen LogP contribution in [-0.4, -0.2) is 41.2 Å². The Morgan fingerprint density at radius 2 is 1.88 bits per heavy atom. The number of amides is 1. The third kappa shape index (κ3) is 7.22. The van der Waals surface area contributed by atoms with Crippen molar-refractivity contribution >= 4 is 29.3 Å². The summed E-state index contributed by atoms with van der Waals surface area (Å²) in [6, 6.07) is 16.8. The van der Waals surface area contributed by atoms with Gasteiger partial charge in [-0.2, -0.15) is 0 Å². The lowest BCUT2D eigenvalue weighted by Gasteiger charge is -2.16. The number of rotatable bonds is 11. The maximum Gasteiger partial charge on any atom is 0.326 e. The Balaban J connectivity index is 1.48. The minimum atomic E-state index is -1.11. The number of hydrogen-bond acceptors (Lipinski definition) is 5. The van der Waals surface area contributed by atoms with Crippen LogP contribution < -0.4 is 15.4 Å². The first-order valence-electron chi connectivity index (χ1n) is 10.6. The van der Waals surface area contributed by atoms with Crippen LogP contribution in [0.15, 0.2) is 66.9 Å². The number of nitrogens with one attached hydrogen (secondary N) is 2. The second kappa shape index (κ2) is 11.9. The Morgan fingerprint density at radius 1 is 1.09 bits per heavy atom. The zero-order valence-corrected chi connectivity index (χ0v) is 19.0. The van der Waals surface area contributed by atoms with Gasteiger partial charge in [-0.25, -0.2) is 9.78 Å². The van der Waals surface area contributed by atoms with Gasteiger partial charge < -0.3 is 20.5 Å². The van der Waals surface area contributed by atoms with E-state index in [0.717, 1.165) is 24.3 Å². The van der Waals surface area contributed by atoms with E-state index in [1.807, 2.05) is 18.2 Å². The van der Waals surface area contributed by atoms with Crippen LogP contribution in [0.2, 0.25) is 5.02 Å². The van der Waals surface area contributed by atoms with Crippen molar-refractivity contribution in [3.05, 3.63) is 88.6 Å². The summed E-state index contributed by atoms with van der Waals surface area (Å²) in [5.41, 5.74) is 1.74. The molecule has 0 spiro atoms. The monoisotopic (exact) mass is 467 g/mol. The lowest BCUT2D eigenvalue weighted by atomic mass is 10.0. The van der Waals surface area contributed by atoms with Crippen LogP contribution in [-0.2, 0) is 11.2 Å². The molecule has 0 saturated heterocycles. The molecule has 1 atom stereocenters. The molecule has 7 nitrogen and oxygen atoms in total. The molecule has 3 rings (SSSR count). The predicted molar refractivity (Wildman–Crippen MR) is 128 cm³/mol. The molecule has 2 aromatic carbocycles. The van der Waals surface area contributed by atoms with Gasteiger partial charge in [-0.05, 0) is 60.9 Å². The first-order chi connectivity index (χ1) is 15.9. The van der Waals surface area contributed by atoms with Crippen molar-refractivity contribution in [3.63, 3.8) is 0 Å². The van der Waals surface area contributed by atoms with Crippen LogP contribution in [0, 0.1) is 6.92 Å². The van der Waals surface area contributed by atoms with Gasteiger partial charge in [0.25, 0.3) is 5.91 Å². The van der Waals surface area contributed by atoms with E-state index in [0.29, 0.717) is 28.5 Å². The predicted octanol–water partition coefficient (Wildman–Crippen LogP) is 4.35. The van der Waals surface area contributed by atoms with Gasteiger partial charge in [0.05, 0.1) is 6.61 Å². The fourth-order valence-corrected chi connectivity index (χ4v) is 3.37. The van der Waals surface area contributed by atoms with Crippen molar-refractivity contribution in [2.45, 2.75) is 25.8 Å². The number of benzene rings is 2. The van der Waals surface area contributed by atoms with Gasteiger partial charge in [0.15, 0.2) is 0 Å². The molecule has 0 aliphatic heterocycles. The summed E-state index contributed by atoms with van der Waals surface area (Å²) in [6.45, 7) is 2.99. The maximum absolute atomic E-state index is 12.6. The molecule has 3 N–H and O–H groups in total. The molecule has 0 bridgehead atoms. The van der Waals surface area contributed by atoms with Crippen molar-refractivity contribution in [1.82, 2.24) is 10.3 Å². The quantitative estimate of drug-likeness (QED) is 0.362. The molecular weight excluding hydrogens is 442 g/mol. The molecule has 172 valence electrons. The average molecular weight is 468 g/mol. The number of aliphatic carboxylic acids is 1. The topological polar surface area (TPSA) is 101 Å². The number of aromatic nitrogens is 1. The van der Waals surface area contributed by atoms with Crippen LogP contribution in [0.5, 0.6) is 5.75 Å². The summed E-state index contributed by atoms with van der Waals surface area (Å²) >= 11 is 6.07.